The third-order valence-electron chi connectivity index (χ3n) is 2.28. The second-order valence-corrected chi connectivity index (χ2v) is 3.42. The Bertz CT molecular complexity index is 368. The van der Waals surface area contributed by atoms with E-state index in [1.165, 1.54) is 0 Å². The first kappa shape index (κ1) is 13.6. The lowest BCUT2D eigenvalue weighted by Gasteiger charge is -2.08. The first-order valence-electron chi connectivity index (χ1n) is 5.94. The molecule has 1 aromatic rings. The van der Waals surface area contributed by atoms with Crippen LogP contribution in [-0.4, -0.2) is 24.3 Å². The number of rotatable bonds is 3. The van der Waals surface area contributed by atoms with E-state index in [1.54, 1.807) is 6.07 Å². The average Bonchev–Trinajstić information content (AvgIpc) is 2.92. The highest BCUT2D eigenvalue weighted by atomic mass is 16.5. The van der Waals surface area contributed by atoms with Crippen LogP contribution in [-0.2, 0) is 16.1 Å². The molecule has 1 atom stereocenters. The predicted molar refractivity (Wildman–Crippen MR) is 64.3 cm³/mol. The van der Waals surface area contributed by atoms with Crippen LogP contribution >= 0.6 is 0 Å². The zero-order chi connectivity index (χ0) is 12.5. The van der Waals surface area contributed by atoms with E-state index in [4.69, 9.17) is 14.7 Å². The second kappa shape index (κ2) is 7.77. The third kappa shape index (κ3) is 4.51. The molecule has 4 nitrogen and oxygen atoms in total. The molecule has 17 heavy (non-hydrogen) atoms. The minimum Gasteiger partial charge on any atom is -0.379 e. The molecule has 0 saturated carbocycles. The summed E-state index contributed by atoms with van der Waals surface area (Å²) in [5, 5.41) is 8.67. The molecule has 92 valence electrons. The molecule has 1 aliphatic heterocycles. The molecule has 0 N–H and O–H groups in total. The average molecular weight is 234 g/mol. The van der Waals surface area contributed by atoms with E-state index in [9.17, 15) is 0 Å². The zero-order valence-electron chi connectivity index (χ0n) is 10.3. The van der Waals surface area contributed by atoms with Gasteiger partial charge in [-0.25, -0.2) is 4.98 Å². The van der Waals surface area contributed by atoms with Gasteiger partial charge in [0.2, 0.25) is 0 Å². The van der Waals surface area contributed by atoms with E-state index in [-0.39, 0.29) is 6.10 Å². The van der Waals surface area contributed by atoms with Gasteiger partial charge in [0.15, 0.2) is 0 Å². The van der Waals surface area contributed by atoms with Crippen molar-refractivity contribution in [2.75, 3.05) is 13.2 Å². The Kier molecular flexibility index (Phi) is 6.23. The van der Waals surface area contributed by atoms with Crippen molar-refractivity contribution in [1.29, 1.82) is 5.26 Å². The Balaban J connectivity index is 0.000000686. The highest BCUT2D eigenvalue weighted by Gasteiger charge is 2.15. The summed E-state index contributed by atoms with van der Waals surface area (Å²) in [7, 11) is 0. The number of hydrogen-bond donors (Lipinski definition) is 0. The standard InChI is InChI=1S/C11H12N2O2.C2H6/c12-6-9-2-1-3-10(13-9)7-15-11-4-5-14-8-11;1-2/h1-3,11H,4-5,7-8H2;1-2H3. The topological polar surface area (TPSA) is 55.1 Å². The summed E-state index contributed by atoms with van der Waals surface area (Å²) in [6.45, 7) is 5.89. The lowest BCUT2D eigenvalue weighted by Crippen LogP contribution is -2.12. The molecule has 1 aromatic heterocycles. The smallest absolute Gasteiger partial charge is 0.140 e. The SMILES string of the molecule is CC.N#Cc1cccc(COC2CCOC2)n1. The Morgan fingerprint density at radius 2 is 2.35 bits per heavy atom. The molecule has 0 bridgehead atoms. The van der Waals surface area contributed by atoms with Gasteiger partial charge in [-0.1, -0.05) is 19.9 Å². The number of hydrogen-bond acceptors (Lipinski definition) is 4. The Morgan fingerprint density at radius 3 is 3.00 bits per heavy atom. The number of nitriles is 1. The fourth-order valence-corrected chi connectivity index (χ4v) is 1.47. The van der Waals surface area contributed by atoms with E-state index in [1.807, 2.05) is 32.0 Å². The van der Waals surface area contributed by atoms with Crippen molar-refractivity contribution in [3.8, 4) is 6.07 Å². The molecule has 0 aliphatic carbocycles. The Morgan fingerprint density at radius 1 is 1.53 bits per heavy atom. The minimum atomic E-state index is 0.178. The molecule has 0 radical (unpaired) electrons. The van der Waals surface area contributed by atoms with E-state index < -0.39 is 0 Å². The maximum Gasteiger partial charge on any atom is 0.140 e. The molecule has 1 fully saturated rings. The van der Waals surface area contributed by atoms with Crippen molar-refractivity contribution in [3.05, 3.63) is 29.6 Å². The monoisotopic (exact) mass is 234 g/mol. The van der Waals surface area contributed by atoms with Crippen LogP contribution in [0.25, 0.3) is 0 Å². The summed E-state index contributed by atoms with van der Waals surface area (Å²) >= 11 is 0. The van der Waals surface area contributed by atoms with Crippen molar-refractivity contribution < 1.29 is 9.47 Å². The van der Waals surface area contributed by atoms with Gasteiger partial charge in [-0.05, 0) is 18.6 Å². The van der Waals surface area contributed by atoms with Crippen molar-refractivity contribution in [2.45, 2.75) is 33.0 Å². The minimum absolute atomic E-state index is 0.178. The molecule has 0 spiro atoms. The van der Waals surface area contributed by atoms with Gasteiger partial charge in [0, 0.05) is 6.61 Å². The van der Waals surface area contributed by atoms with Gasteiger partial charge in [0.25, 0.3) is 0 Å². The van der Waals surface area contributed by atoms with E-state index in [0.29, 0.717) is 18.9 Å². The summed E-state index contributed by atoms with van der Waals surface area (Å²) in [6.07, 6.45) is 1.12. The maximum absolute atomic E-state index is 8.67. The number of aromatic nitrogens is 1. The largest absolute Gasteiger partial charge is 0.379 e. The van der Waals surface area contributed by atoms with E-state index in [2.05, 4.69) is 4.98 Å². The predicted octanol–water partition coefficient (Wildman–Crippen LogP) is 2.28. The number of pyridine rings is 1. The summed E-state index contributed by atoms with van der Waals surface area (Å²) in [5.41, 5.74) is 1.22. The molecule has 1 unspecified atom stereocenters. The molecule has 1 saturated heterocycles. The van der Waals surface area contributed by atoms with Crippen LogP contribution in [0.4, 0.5) is 0 Å². The van der Waals surface area contributed by atoms with E-state index in [0.717, 1.165) is 18.7 Å². The van der Waals surface area contributed by atoms with Crippen LogP contribution < -0.4 is 0 Å². The molecular weight excluding hydrogens is 216 g/mol. The van der Waals surface area contributed by atoms with Crippen molar-refractivity contribution >= 4 is 0 Å². The third-order valence-corrected chi connectivity index (χ3v) is 2.28. The molecule has 4 heteroatoms. The molecular formula is C13H18N2O2. The lowest BCUT2D eigenvalue weighted by molar-refractivity contribution is 0.0301. The molecule has 1 aliphatic rings. The molecule has 2 heterocycles. The number of nitrogens with zero attached hydrogens (tertiary/aromatic N) is 2. The zero-order valence-corrected chi connectivity index (χ0v) is 10.3. The van der Waals surface area contributed by atoms with Crippen LogP contribution in [0.5, 0.6) is 0 Å². The molecule has 0 amide bonds. The first-order chi connectivity index (χ1) is 8.38. The summed E-state index contributed by atoms with van der Waals surface area (Å²) in [6, 6.07) is 7.36. The lowest BCUT2D eigenvalue weighted by atomic mass is 10.3. The Labute approximate surface area is 102 Å². The van der Waals surface area contributed by atoms with Gasteiger partial charge in [0.1, 0.15) is 11.8 Å². The summed E-state index contributed by atoms with van der Waals surface area (Å²) in [4.78, 5) is 4.13. The van der Waals surface area contributed by atoms with Crippen molar-refractivity contribution in [3.63, 3.8) is 0 Å². The fourth-order valence-electron chi connectivity index (χ4n) is 1.47. The highest BCUT2D eigenvalue weighted by molar-refractivity contribution is 5.21. The van der Waals surface area contributed by atoms with E-state index >= 15 is 0 Å². The van der Waals surface area contributed by atoms with Crippen molar-refractivity contribution in [1.82, 2.24) is 4.98 Å². The van der Waals surface area contributed by atoms with Gasteiger partial charge in [-0.15, -0.1) is 0 Å². The van der Waals surface area contributed by atoms with Crippen molar-refractivity contribution in [2.24, 2.45) is 0 Å². The quantitative estimate of drug-likeness (QED) is 0.805. The van der Waals surface area contributed by atoms with Crippen LogP contribution in [0.2, 0.25) is 0 Å². The highest BCUT2D eigenvalue weighted by Crippen LogP contribution is 2.10. The van der Waals surface area contributed by atoms with Crippen LogP contribution in [0.15, 0.2) is 18.2 Å². The van der Waals surface area contributed by atoms with Crippen LogP contribution in [0.3, 0.4) is 0 Å². The first-order valence-corrected chi connectivity index (χ1v) is 5.94. The van der Waals surface area contributed by atoms with Gasteiger partial charge in [-0.3, -0.25) is 0 Å². The van der Waals surface area contributed by atoms with Gasteiger partial charge in [0.05, 0.1) is 25.0 Å². The Hall–Kier alpha value is -1.44. The van der Waals surface area contributed by atoms with Crippen LogP contribution in [0, 0.1) is 11.3 Å². The fraction of sp³-hybridized carbons (Fsp3) is 0.538. The second-order valence-electron chi connectivity index (χ2n) is 3.42. The number of ether oxygens (including phenoxy) is 2. The molecule has 2 rings (SSSR count). The summed E-state index contributed by atoms with van der Waals surface area (Å²) in [5.74, 6) is 0. The van der Waals surface area contributed by atoms with Gasteiger partial charge in [-0.2, -0.15) is 5.26 Å². The summed E-state index contributed by atoms with van der Waals surface area (Å²) < 4.78 is 10.8. The van der Waals surface area contributed by atoms with Gasteiger partial charge >= 0.3 is 0 Å². The maximum atomic E-state index is 8.67. The van der Waals surface area contributed by atoms with Crippen LogP contribution in [0.1, 0.15) is 31.7 Å². The normalized spacial score (nSPS) is 18.1. The molecule has 0 aromatic carbocycles. The van der Waals surface area contributed by atoms with Gasteiger partial charge < -0.3 is 9.47 Å².